The van der Waals surface area contributed by atoms with Crippen LogP contribution in [-0.4, -0.2) is 19.8 Å². The highest BCUT2D eigenvalue weighted by atomic mass is 31.2. The molecule has 0 radical (unpaired) electrons. The molecule has 0 aliphatic heterocycles. The highest BCUT2D eigenvalue weighted by Crippen LogP contribution is 2.49. The zero-order valence-corrected chi connectivity index (χ0v) is 13.2. The Morgan fingerprint density at radius 1 is 1.00 bits per heavy atom. The molecule has 0 aliphatic carbocycles. The van der Waals surface area contributed by atoms with Crippen LogP contribution in [-0.2, 0) is 18.1 Å². The van der Waals surface area contributed by atoms with Crippen molar-refractivity contribution in [3.8, 4) is 0 Å². The molecule has 2 unspecified atom stereocenters. The van der Waals surface area contributed by atoms with Crippen LogP contribution >= 0.6 is 7.82 Å². The van der Waals surface area contributed by atoms with E-state index >= 15 is 0 Å². The van der Waals surface area contributed by atoms with Crippen LogP contribution in [0.5, 0.6) is 0 Å². The third-order valence-electron chi connectivity index (χ3n) is 2.75. The number of rotatable bonds is 12. The van der Waals surface area contributed by atoms with Gasteiger partial charge in [-0.25, -0.2) is 4.57 Å². The Kier molecular flexibility index (Phi) is 11.0. The van der Waals surface area contributed by atoms with E-state index in [4.69, 9.17) is 13.6 Å². The van der Waals surface area contributed by atoms with Gasteiger partial charge in [-0.2, -0.15) is 0 Å². The zero-order chi connectivity index (χ0) is 13.9. The van der Waals surface area contributed by atoms with Gasteiger partial charge in [0.05, 0.1) is 19.8 Å². The first kappa shape index (κ1) is 18.1. The topological polar surface area (TPSA) is 44.8 Å². The van der Waals surface area contributed by atoms with Crippen LogP contribution in [0, 0.1) is 5.92 Å². The number of hydrogen-bond acceptors (Lipinski definition) is 4. The highest BCUT2D eigenvalue weighted by molar-refractivity contribution is 7.48. The minimum atomic E-state index is -3.34. The maximum atomic E-state index is 12.2. The second-order valence-electron chi connectivity index (χ2n) is 4.57. The number of hydrogen-bond donors (Lipinski definition) is 0. The van der Waals surface area contributed by atoms with E-state index in [0.717, 1.165) is 19.3 Å². The molecule has 0 spiro atoms. The Morgan fingerprint density at radius 2 is 1.72 bits per heavy atom. The highest BCUT2D eigenvalue weighted by Gasteiger charge is 2.26. The van der Waals surface area contributed by atoms with Gasteiger partial charge in [0.25, 0.3) is 0 Å². The lowest BCUT2D eigenvalue weighted by Gasteiger charge is -2.19. The number of unbranched alkanes of at least 4 members (excludes halogenated alkanes) is 3. The Labute approximate surface area is 112 Å². The summed E-state index contributed by atoms with van der Waals surface area (Å²) in [7, 11) is -3.34. The normalized spacial score (nSPS) is 16.4. The lowest BCUT2D eigenvalue weighted by atomic mass is 10.1. The summed E-state index contributed by atoms with van der Waals surface area (Å²) in [6.45, 7) is 9.27. The molecule has 0 saturated carbocycles. The van der Waals surface area contributed by atoms with Gasteiger partial charge >= 0.3 is 7.82 Å². The lowest BCUT2D eigenvalue weighted by Crippen LogP contribution is -2.07. The molecule has 0 aliphatic rings. The van der Waals surface area contributed by atoms with Crippen molar-refractivity contribution in [3.63, 3.8) is 0 Å². The second-order valence-corrected chi connectivity index (χ2v) is 6.24. The maximum absolute atomic E-state index is 12.2. The van der Waals surface area contributed by atoms with Crippen molar-refractivity contribution in [1.82, 2.24) is 0 Å². The van der Waals surface area contributed by atoms with E-state index in [1.807, 2.05) is 0 Å². The monoisotopic (exact) mass is 280 g/mol. The first-order valence-corrected chi connectivity index (χ1v) is 8.57. The molecule has 0 N–H and O–H groups in total. The third-order valence-corrected chi connectivity index (χ3v) is 4.29. The molecular formula is C13H29O4P. The molecule has 0 saturated heterocycles. The molecule has 5 heteroatoms. The number of phosphoric acid groups is 1. The van der Waals surface area contributed by atoms with E-state index in [1.54, 1.807) is 6.92 Å². The van der Waals surface area contributed by atoms with Crippen LogP contribution in [0.15, 0.2) is 0 Å². The summed E-state index contributed by atoms with van der Waals surface area (Å²) in [5.41, 5.74) is 0. The van der Waals surface area contributed by atoms with Crippen molar-refractivity contribution in [3.05, 3.63) is 0 Å². The molecule has 0 amide bonds. The largest absolute Gasteiger partial charge is 0.474 e. The average molecular weight is 280 g/mol. The van der Waals surface area contributed by atoms with Gasteiger partial charge in [-0.3, -0.25) is 13.6 Å². The van der Waals surface area contributed by atoms with E-state index in [2.05, 4.69) is 20.8 Å². The van der Waals surface area contributed by atoms with Crippen molar-refractivity contribution >= 4 is 7.82 Å². The van der Waals surface area contributed by atoms with Crippen LogP contribution in [0.3, 0.4) is 0 Å². The molecule has 0 aromatic rings. The van der Waals surface area contributed by atoms with Gasteiger partial charge in [-0.05, 0) is 19.3 Å². The first-order valence-electron chi connectivity index (χ1n) is 7.11. The minimum absolute atomic E-state index is 0.340. The van der Waals surface area contributed by atoms with Gasteiger partial charge < -0.3 is 0 Å². The predicted octanol–water partition coefficient (Wildman–Crippen LogP) is 4.79. The third kappa shape index (κ3) is 9.09. The van der Waals surface area contributed by atoms with Gasteiger partial charge in [0, 0.05) is 0 Å². The van der Waals surface area contributed by atoms with E-state index in [0.29, 0.717) is 25.7 Å². The van der Waals surface area contributed by atoms with Crippen molar-refractivity contribution in [1.29, 1.82) is 0 Å². The van der Waals surface area contributed by atoms with E-state index in [1.165, 1.54) is 12.8 Å². The maximum Gasteiger partial charge on any atom is 0.474 e. The molecule has 4 nitrogen and oxygen atoms in total. The smallest absolute Gasteiger partial charge is 0.287 e. The molecular weight excluding hydrogens is 251 g/mol. The molecule has 0 aromatic heterocycles. The van der Waals surface area contributed by atoms with E-state index in [9.17, 15) is 4.57 Å². The summed E-state index contributed by atoms with van der Waals surface area (Å²) < 4.78 is 28.0. The van der Waals surface area contributed by atoms with Crippen LogP contribution in [0.1, 0.15) is 59.8 Å². The SMILES string of the molecule is CCCCCCOP(=O)(OCC)OCC(C)CC. The minimum Gasteiger partial charge on any atom is -0.287 e. The molecule has 2 atom stereocenters. The van der Waals surface area contributed by atoms with Crippen molar-refractivity contribution in [2.45, 2.75) is 59.8 Å². The van der Waals surface area contributed by atoms with Crippen molar-refractivity contribution in [2.75, 3.05) is 19.8 Å². The average Bonchev–Trinajstić information content (AvgIpc) is 2.36. The molecule has 0 bridgehead atoms. The predicted molar refractivity (Wildman–Crippen MR) is 74.7 cm³/mol. The summed E-state index contributed by atoms with van der Waals surface area (Å²) in [5, 5.41) is 0. The van der Waals surface area contributed by atoms with Gasteiger partial charge in [-0.1, -0.05) is 46.5 Å². The molecule has 0 rings (SSSR count). The van der Waals surface area contributed by atoms with E-state index < -0.39 is 7.82 Å². The fourth-order valence-electron chi connectivity index (χ4n) is 1.31. The molecule has 0 heterocycles. The van der Waals surface area contributed by atoms with Crippen molar-refractivity contribution < 1.29 is 18.1 Å². The standard InChI is InChI=1S/C13H29O4P/c1-5-8-9-10-11-16-18(14,15-7-3)17-12-13(4)6-2/h13H,5-12H2,1-4H3. The Bertz CT molecular complexity index is 233. The van der Waals surface area contributed by atoms with Crippen LogP contribution in [0.4, 0.5) is 0 Å². The zero-order valence-electron chi connectivity index (χ0n) is 12.3. The fraction of sp³-hybridized carbons (Fsp3) is 1.00. The number of phosphoric ester groups is 1. The van der Waals surface area contributed by atoms with Gasteiger partial charge in [-0.15, -0.1) is 0 Å². The second kappa shape index (κ2) is 11.0. The molecule has 0 aromatic carbocycles. The van der Waals surface area contributed by atoms with Crippen LogP contribution in [0.25, 0.3) is 0 Å². The van der Waals surface area contributed by atoms with Crippen LogP contribution < -0.4 is 0 Å². The fourth-order valence-corrected chi connectivity index (χ4v) is 2.64. The summed E-state index contributed by atoms with van der Waals surface area (Å²) in [6.07, 6.45) is 5.33. The Morgan fingerprint density at radius 3 is 2.28 bits per heavy atom. The first-order chi connectivity index (χ1) is 8.58. The van der Waals surface area contributed by atoms with E-state index in [-0.39, 0.29) is 0 Å². The quantitative estimate of drug-likeness (QED) is 0.381. The van der Waals surface area contributed by atoms with Gasteiger partial charge in [0.1, 0.15) is 0 Å². The lowest BCUT2D eigenvalue weighted by molar-refractivity contribution is 0.104. The van der Waals surface area contributed by atoms with Gasteiger partial charge in [0.15, 0.2) is 0 Å². The summed E-state index contributed by atoms with van der Waals surface area (Å²) in [5.74, 6) is 0.363. The molecule has 18 heavy (non-hydrogen) atoms. The Balaban J connectivity index is 3.97. The van der Waals surface area contributed by atoms with Crippen molar-refractivity contribution in [2.24, 2.45) is 5.92 Å². The molecule has 0 fully saturated rings. The van der Waals surface area contributed by atoms with Gasteiger partial charge in [0.2, 0.25) is 0 Å². The molecule has 110 valence electrons. The van der Waals surface area contributed by atoms with Crippen LogP contribution in [0.2, 0.25) is 0 Å². The summed E-state index contributed by atoms with van der Waals surface area (Å²) >= 11 is 0. The summed E-state index contributed by atoms with van der Waals surface area (Å²) in [6, 6.07) is 0. The summed E-state index contributed by atoms with van der Waals surface area (Å²) in [4.78, 5) is 0. The Hall–Kier alpha value is 0.110.